The van der Waals surface area contributed by atoms with Gasteiger partial charge in [0.15, 0.2) is 0 Å². The molecule has 180 valence electrons. The molecule has 2 aromatic heterocycles. The highest BCUT2D eigenvalue weighted by Gasteiger charge is 2.26. The third-order valence-electron chi connectivity index (χ3n) is 5.69. The molecule has 1 aliphatic heterocycles. The minimum absolute atomic E-state index is 0.299. The Bertz CT molecular complexity index is 1080. The van der Waals surface area contributed by atoms with E-state index >= 15 is 0 Å². The van der Waals surface area contributed by atoms with Gasteiger partial charge in [-0.25, -0.2) is 9.48 Å². The smallest absolute Gasteiger partial charge is 0.410 e. The van der Waals surface area contributed by atoms with Crippen molar-refractivity contribution in [2.24, 2.45) is 0 Å². The number of thioether (sulfide) groups is 1. The first-order valence-electron chi connectivity index (χ1n) is 11.5. The Balaban J connectivity index is 1.23. The van der Waals surface area contributed by atoms with Crippen LogP contribution in [0.5, 0.6) is 5.75 Å². The fourth-order valence-corrected chi connectivity index (χ4v) is 4.85. The van der Waals surface area contributed by atoms with E-state index in [9.17, 15) is 4.79 Å². The van der Waals surface area contributed by atoms with Crippen LogP contribution in [0.3, 0.4) is 0 Å². The van der Waals surface area contributed by atoms with Crippen LogP contribution in [0.15, 0.2) is 47.6 Å². The zero-order valence-corrected chi connectivity index (χ0v) is 20.7. The lowest BCUT2D eigenvalue weighted by Crippen LogP contribution is -2.41. The maximum Gasteiger partial charge on any atom is 0.415 e. The zero-order valence-electron chi connectivity index (χ0n) is 19.9. The SMILES string of the molecule is Cc1cccc(Cc2ccc(OC(=O)N3CCC(Sc4nnnn4CCN(C)C)CC3)cc2)n1. The minimum Gasteiger partial charge on any atom is -0.410 e. The van der Waals surface area contributed by atoms with Gasteiger partial charge in [-0.05, 0) is 74.1 Å². The van der Waals surface area contributed by atoms with Crippen molar-refractivity contribution in [2.75, 3.05) is 33.7 Å². The predicted molar refractivity (Wildman–Crippen MR) is 131 cm³/mol. The van der Waals surface area contributed by atoms with Crippen LogP contribution in [0.1, 0.15) is 29.8 Å². The van der Waals surface area contributed by atoms with E-state index in [4.69, 9.17) is 4.74 Å². The molecule has 0 bridgehead atoms. The van der Waals surface area contributed by atoms with Gasteiger partial charge in [-0.15, -0.1) is 5.10 Å². The lowest BCUT2D eigenvalue weighted by Gasteiger charge is -2.30. The molecule has 0 aliphatic carbocycles. The van der Waals surface area contributed by atoms with Gasteiger partial charge < -0.3 is 14.5 Å². The number of tetrazole rings is 1. The number of aryl methyl sites for hydroxylation is 1. The molecule has 1 amide bonds. The first kappa shape index (κ1) is 24.2. The van der Waals surface area contributed by atoms with Gasteiger partial charge in [-0.1, -0.05) is 30.0 Å². The van der Waals surface area contributed by atoms with Crippen molar-refractivity contribution in [3.05, 3.63) is 59.4 Å². The van der Waals surface area contributed by atoms with Crippen molar-refractivity contribution in [3.63, 3.8) is 0 Å². The van der Waals surface area contributed by atoms with E-state index in [0.717, 1.165) is 54.5 Å². The number of piperidine rings is 1. The zero-order chi connectivity index (χ0) is 23.9. The van der Waals surface area contributed by atoms with Crippen LogP contribution in [-0.2, 0) is 13.0 Å². The monoisotopic (exact) mass is 481 g/mol. The molecule has 0 spiro atoms. The highest BCUT2D eigenvalue weighted by atomic mass is 32.2. The number of hydrogen-bond donors (Lipinski definition) is 0. The average Bonchev–Trinajstić information content (AvgIpc) is 3.26. The summed E-state index contributed by atoms with van der Waals surface area (Å²) in [6.45, 7) is 4.95. The molecule has 34 heavy (non-hydrogen) atoms. The summed E-state index contributed by atoms with van der Waals surface area (Å²) in [6.07, 6.45) is 2.21. The molecule has 1 saturated heterocycles. The molecule has 1 aliphatic rings. The second-order valence-corrected chi connectivity index (χ2v) is 10.0. The first-order chi connectivity index (χ1) is 16.5. The van der Waals surface area contributed by atoms with Gasteiger partial charge in [-0.2, -0.15) is 0 Å². The van der Waals surface area contributed by atoms with Gasteiger partial charge in [-0.3, -0.25) is 4.98 Å². The van der Waals surface area contributed by atoms with Crippen LogP contribution in [0.4, 0.5) is 4.79 Å². The lowest BCUT2D eigenvalue weighted by molar-refractivity contribution is 0.143. The van der Waals surface area contributed by atoms with E-state index in [1.54, 1.807) is 16.7 Å². The van der Waals surface area contributed by atoms with E-state index in [1.807, 2.05) is 68.2 Å². The van der Waals surface area contributed by atoms with Crippen LogP contribution in [0, 0.1) is 6.92 Å². The fraction of sp³-hybridized carbons (Fsp3) is 0.458. The minimum atomic E-state index is -0.299. The quantitative estimate of drug-likeness (QED) is 0.484. The van der Waals surface area contributed by atoms with Gasteiger partial charge in [0.1, 0.15) is 5.75 Å². The fourth-order valence-electron chi connectivity index (χ4n) is 3.77. The number of carbonyl (C=O) groups excluding carboxylic acids is 1. The van der Waals surface area contributed by atoms with Crippen LogP contribution in [0.25, 0.3) is 0 Å². The Morgan fingerprint density at radius 1 is 1.15 bits per heavy atom. The van der Waals surface area contributed by atoms with Crippen molar-refractivity contribution in [1.82, 2.24) is 35.0 Å². The van der Waals surface area contributed by atoms with Crippen molar-refractivity contribution in [2.45, 2.75) is 43.1 Å². The Morgan fingerprint density at radius 3 is 2.62 bits per heavy atom. The highest BCUT2D eigenvalue weighted by molar-refractivity contribution is 7.99. The normalized spacial score (nSPS) is 14.5. The molecule has 10 heteroatoms. The number of rotatable bonds is 8. The van der Waals surface area contributed by atoms with Gasteiger partial charge >= 0.3 is 6.09 Å². The number of ether oxygens (including phenoxy) is 1. The lowest BCUT2D eigenvalue weighted by atomic mass is 10.1. The Hall–Kier alpha value is -2.98. The molecule has 4 rings (SSSR count). The van der Waals surface area contributed by atoms with Gasteiger partial charge in [0, 0.05) is 42.7 Å². The summed E-state index contributed by atoms with van der Waals surface area (Å²) < 4.78 is 7.47. The molecule has 1 aromatic carbocycles. The summed E-state index contributed by atoms with van der Waals surface area (Å²) in [5.41, 5.74) is 3.16. The average molecular weight is 482 g/mol. The third-order valence-corrected chi connectivity index (χ3v) is 7.00. The van der Waals surface area contributed by atoms with Crippen LogP contribution in [0.2, 0.25) is 0 Å². The molecular weight excluding hydrogens is 450 g/mol. The largest absolute Gasteiger partial charge is 0.415 e. The standard InChI is InChI=1S/C24H31N7O2S/c1-18-5-4-6-20(25-18)17-19-7-9-21(10-8-19)33-24(32)30-13-11-22(12-14-30)34-23-26-27-28-31(23)16-15-29(2)3/h4-10,22H,11-17H2,1-3H3. The number of likely N-dealkylation sites (tertiary alicyclic amines) is 1. The molecular formula is C24H31N7O2S. The second kappa shape index (κ2) is 11.4. The predicted octanol–water partition coefficient (Wildman–Crippen LogP) is 3.28. The summed E-state index contributed by atoms with van der Waals surface area (Å²) in [6, 6.07) is 13.7. The third kappa shape index (κ3) is 6.77. The van der Waals surface area contributed by atoms with E-state index in [2.05, 4.69) is 25.4 Å². The van der Waals surface area contributed by atoms with E-state index in [-0.39, 0.29) is 6.09 Å². The van der Waals surface area contributed by atoms with Gasteiger partial charge in [0.25, 0.3) is 0 Å². The summed E-state index contributed by atoms with van der Waals surface area (Å²) in [5.74, 6) is 0.558. The maximum atomic E-state index is 12.7. The number of likely N-dealkylation sites (N-methyl/N-ethyl adjacent to an activating group) is 1. The molecule has 0 unspecified atom stereocenters. The number of aromatic nitrogens is 5. The summed E-state index contributed by atoms with van der Waals surface area (Å²) in [5, 5.41) is 13.3. The Morgan fingerprint density at radius 2 is 1.91 bits per heavy atom. The molecule has 9 nitrogen and oxygen atoms in total. The summed E-state index contributed by atoms with van der Waals surface area (Å²) in [4.78, 5) is 21.1. The van der Waals surface area contributed by atoms with Crippen LogP contribution < -0.4 is 4.74 Å². The second-order valence-electron chi connectivity index (χ2n) is 8.75. The molecule has 0 atom stereocenters. The number of benzene rings is 1. The van der Waals surface area contributed by atoms with Crippen LogP contribution >= 0.6 is 11.8 Å². The molecule has 1 fully saturated rings. The number of hydrogen-bond acceptors (Lipinski definition) is 8. The Kier molecular flexibility index (Phi) is 8.12. The molecule has 0 saturated carbocycles. The highest BCUT2D eigenvalue weighted by Crippen LogP contribution is 2.29. The number of pyridine rings is 1. The number of nitrogens with zero attached hydrogens (tertiary/aromatic N) is 7. The number of carbonyl (C=O) groups is 1. The van der Waals surface area contributed by atoms with Crippen molar-refractivity contribution in [3.8, 4) is 5.75 Å². The molecule has 0 radical (unpaired) electrons. The molecule has 3 heterocycles. The maximum absolute atomic E-state index is 12.7. The van der Waals surface area contributed by atoms with Crippen molar-refractivity contribution in [1.29, 1.82) is 0 Å². The van der Waals surface area contributed by atoms with Crippen molar-refractivity contribution >= 4 is 17.9 Å². The van der Waals surface area contributed by atoms with E-state index < -0.39 is 0 Å². The Labute approximate surface area is 204 Å². The van der Waals surface area contributed by atoms with Crippen LogP contribution in [-0.4, -0.2) is 80.1 Å². The summed E-state index contributed by atoms with van der Waals surface area (Å²) in [7, 11) is 4.06. The van der Waals surface area contributed by atoms with E-state index in [0.29, 0.717) is 24.1 Å². The topological polar surface area (TPSA) is 89.3 Å². The summed E-state index contributed by atoms with van der Waals surface area (Å²) >= 11 is 1.69. The van der Waals surface area contributed by atoms with Crippen molar-refractivity contribution < 1.29 is 9.53 Å². The molecule has 3 aromatic rings. The number of amides is 1. The van der Waals surface area contributed by atoms with Gasteiger partial charge in [0.05, 0.1) is 6.54 Å². The van der Waals surface area contributed by atoms with E-state index in [1.165, 1.54) is 0 Å². The first-order valence-corrected chi connectivity index (χ1v) is 12.4. The molecule has 0 N–H and O–H groups in total. The van der Waals surface area contributed by atoms with Gasteiger partial charge in [0.2, 0.25) is 5.16 Å².